The number of esters is 1. The van der Waals surface area contributed by atoms with Gasteiger partial charge < -0.3 is 19.9 Å². The fourth-order valence-electron chi connectivity index (χ4n) is 3.50. The first kappa shape index (κ1) is 21.2. The van der Waals surface area contributed by atoms with E-state index in [1.54, 1.807) is 13.8 Å². The quantitative estimate of drug-likeness (QED) is 0.699. The molecule has 0 aliphatic carbocycles. The van der Waals surface area contributed by atoms with E-state index < -0.39 is 11.9 Å². The van der Waals surface area contributed by atoms with Gasteiger partial charge in [-0.25, -0.2) is 4.79 Å². The number of ketones is 1. The minimum atomic E-state index is -0.699. The molecule has 6 nitrogen and oxygen atoms in total. The molecule has 0 aromatic heterocycles. The van der Waals surface area contributed by atoms with E-state index in [1.165, 1.54) is 6.92 Å². The summed E-state index contributed by atoms with van der Waals surface area (Å²) in [5, 5.41) is 0. The molecule has 0 spiro atoms. The Kier molecular flexibility index (Phi) is 6.57. The van der Waals surface area contributed by atoms with Crippen LogP contribution in [0.25, 0.3) is 0 Å². The van der Waals surface area contributed by atoms with Crippen molar-refractivity contribution in [3.8, 4) is 5.75 Å². The highest BCUT2D eigenvalue weighted by Crippen LogP contribution is 2.41. The van der Waals surface area contributed by atoms with Gasteiger partial charge in [-0.1, -0.05) is 42.5 Å². The molecule has 0 bridgehead atoms. The van der Waals surface area contributed by atoms with E-state index in [0.717, 1.165) is 5.56 Å². The molecule has 0 saturated carbocycles. The van der Waals surface area contributed by atoms with Crippen LogP contribution in [0, 0.1) is 0 Å². The summed E-state index contributed by atoms with van der Waals surface area (Å²) in [7, 11) is 0. The number of nitrogens with two attached hydrogens (primary N) is 1. The normalized spacial score (nSPS) is 16.2. The van der Waals surface area contributed by atoms with Crippen molar-refractivity contribution < 1.29 is 23.8 Å². The standard InChI is InChI=1S/C24H25NO5/c1-4-28-24(27)22-21(20(15(2)26)16(3)30-23(22)25)18-11-8-12-19(13-18)29-14-17-9-6-5-7-10-17/h5-13,21H,4,14,25H2,1-3H3/t21-/m0/s1. The predicted octanol–water partition coefficient (Wildman–Crippen LogP) is 3.98. The molecule has 0 unspecified atom stereocenters. The Morgan fingerprint density at radius 2 is 1.80 bits per heavy atom. The minimum absolute atomic E-state index is 0.0587. The van der Waals surface area contributed by atoms with Gasteiger partial charge >= 0.3 is 5.97 Å². The van der Waals surface area contributed by atoms with Gasteiger partial charge in [-0.15, -0.1) is 0 Å². The first-order chi connectivity index (χ1) is 14.4. The molecule has 0 fully saturated rings. The fraction of sp³-hybridized carbons (Fsp3) is 0.250. The van der Waals surface area contributed by atoms with Crippen LogP contribution in [0.2, 0.25) is 0 Å². The Labute approximate surface area is 175 Å². The van der Waals surface area contributed by atoms with Gasteiger partial charge in [-0.2, -0.15) is 0 Å². The Morgan fingerprint density at radius 3 is 2.47 bits per heavy atom. The van der Waals surface area contributed by atoms with E-state index in [0.29, 0.717) is 29.3 Å². The summed E-state index contributed by atoms with van der Waals surface area (Å²) in [6, 6.07) is 17.1. The Morgan fingerprint density at radius 1 is 1.07 bits per heavy atom. The van der Waals surface area contributed by atoms with Gasteiger partial charge in [0.05, 0.1) is 12.5 Å². The van der Waals surface area contributed by atoms with Crippen molar-refractivity contribution >= 4 is 11.8 Å². The summed E-state index contributed by atoms with van der Waals surface area (Å²) < 4.78 is 16.6. The van der Waals surface area contributed by atoms with Crippen molar-refractivity contribution in [3.05, 3.63) is 88.5 Å². The lowest BCUT2D eigenvalue weighted by Gasteiger charge is -2.29. The van der Waals surface area contributed by atoms with Gasteiger partial charge in [0.25, 0.3) is 0 Å². The molecule has 6 heteroatoms. The van der Waals surface area contributed by atoms with Crippen LogP contribution >= 0.6 is 0 Å². The Hall–Kier alpha value is -3.54. The van der Waals surface area contributed by atoms with Crippen molar-refractivity contribution in [2.75, 3.05) is 6.61 Å². The Bertz CT molecular complexity index is 1010. The van der Waals surface area contributed by atoms with Gasteiger partial charge in [0.1, 0.15) is 23.7 Å². The molecule has 2 aromatic rings. The Balaban J connectivity index is 1.99. The largest absolute Gasteiger partial charge is 0.489 e. The highest BCUT2D eigenvalue weighted by atomic mass is 16.5. The molecule has 2 aromatic carbocycles. The lowest BCUT2D eigenvalue weighted by molar-refractivity contribution is -0.139. The second-order valence-corrected chi connectivity index (χ2v) is 6.91. The molecule has 1 atom stereocenters. The van der Waals surface area contributed by atoms with Crippen LogP contribution < -0.4 is 10.5 Å². The maximum Gasteiger partial charge on any atom is 0.340 e. The smallest absolute Gasteiger partial charge is 0.340 e. The lowest BCUT2D eigenvalue weighted by Crippen LogP contribution is -2.28. The number of hydrogen-bond donors (Lipinski definition) is 1. The molecule has 0 amide bonds. The zero-order valence-electron chi connectivity index (χ0n) is 17.3. The number of carbonyl (C=O) groups is 2. The van der Waals surface area contributed by atoms with Crippen LogP contribution in [0.5, 0.6) is 5.75 Å². The number of carbonyl (C=O) groups excluding carboxylic acids is 2. The van der Waals surface area contributed by atoms with Crippen molar-refractivity contribution in [1.29, 1.82) is 0 Å². The molecule has 1 aliphatic heterocycles. The van der Waals surface area contributed by atoms with Gasteiger partial charge in [0.2, 0.25) is 5.88 Å². The topological polar surface area (TPSA) is 87.9 Å². The zero-order valence-corrected chi connectivity index (χ0v) is 17.3. The second kappa shape index (κ2) is 9.31. The second-order valence-electron chi connectivity index (χ2n) is 6.91. The third kappa shape index (κ3) is 4.54. The van der Waals surface area contributed by atoms with Crippen LogP contribution in [0.4, 0.5) is 0 Å². The van der Waals surface area contributed by atoms with Gasteiger partial charge in [0.15, 0.2) is 5.78 Å². The minimum Gasteiger partial charge on any atom is -0.489 e. The molecular formula is C24H25NO5. The van der Waals surface area contributed by atoms with Crippen LogP contribution in [0.3, 0.4) is 0 Å². The SMILES string of the molecule is CCOC(=O)C1=C(N)OC(C)=C(C(C)=O)[C@@H]1c1cccc(OCc2ccccc2)c1. The van der Waals surface area contributed by atoms with E-state index in [1.807, 2.05) is 54.6 Å². The van der Waals surface area contributed by atoms with E-state index in [4.69, 9.17) is 19.9 Å². The van der Waals surface area contributed by atoms with E-state index in [9.17, 15) is 9.59 Å². The monoisotopic (exact) mass is 407 g/mol. The summed E-state index contributed by atoms with van der Waals surface area (Å²) in [5.74, 6) is -0.588. The zero-order chi connectivity index (χ0) is 21.7. The third-order valence-electron chi connectivity index (χ3n) is 4.80. The first-order valence-corrected chi connectivity index (χ1v) is 9.75. The number of allylic oxidation sites excluding steroid dienone is 2. The van der Waals surface area contributed by atoms with Crippen molar-refractivity contribution in [2.24, 2.45) is 5.73 Å². The van der Waals surface area contributed by atoms with E-state index in [-0.39, 0.29) is 23.8 Å². The van der Waals surface area contributed by atoms with Crippen molar-refractivity contribution in [1.82, 2.24) is 0 Å². The molecular weight excluding hydrogens is 382 g/mol. The molecule has 30 heavy (non-hydrogen) atoms. The van der Waals surface area contributed by atoms with Crippen LogP contribution in [0.15, 0.2) is 77.4 Å². The number of rotatable bonds is 7. The molecule has 2 N–H and O–H groups in total. The van der Waals surface area contributed by atoms with Gasteiger partial charge in [0, 0.05) is 5.57 Å². The average Bonchev–Trinajstić information content (AvgIpc) is 2.72. The van der Waals surface area contributed by atoms with Gasteiger partial charge in [-0.3, -0.25) is 4.79 Å². The third-order valence-corrected chi connectivity index (χ3v) is 4.80. The molecule has 156 valence electrons. The average molecular weight is 407 g/mol. The summed E-state index contributed by atoms with van der Waals surface area (Å²) in [6.07, 6.45) is 0. The lowest BCUT2D eigenvalue weighted by atomic mass is 9.81. The highest BCUT2D eigenvalue weighted by Gasteiger charge is 2.38. The predicted molar refractivity (Wildman–Crippen MR) is 112 cm³/mol. The number of benzene rings is 2. The fourth-order valence-corrected chi connectivity index (χ4v) is 3.50. The van der Waals surface area contributed by atoms with Gasteiger partial charge in [-0.05, 0) is 44.0 Å². The van der Waals surface area contributed by atoms with Crippen LogP contribution in [-0.4, -0.2) is 18.4 Å². The van der Waals surface area contributed by atoms with Crippen molar-refractivity contribution in [3.63, 3.8) is 0 Å². The molecule has 3 rings (SSSR count). The summed E-state index contributed by atoms with van der Waals surface area (Å²) in [6.45, 7) is 5.39. The first-order valence-electron chi connectivity index (χ1n) is 9.75. The summed E-state index contributed by atoms with van der Waals surface area (Å²) in [4.78, 5) is 25.1. The number of hydrogen-bond acceptors (Lipinski definition) is 6. The van der Waals surface area contributed by atoms with Crippen LogP contribution in [0.1, 0.15) is 37.8 Å². The van der Waals surface area contributed by atoms with Crippen LogP contribution in [-0.2, 0) is 25.7 Å². The van der Waals surface area contributed by atoms with Crippen molar-refractivity contribution in [2.45, 2.75) is 33.3 Å². The molecule has 0 radical (unpaired) electrons. The maximum atomic E-state index is 12.7. The van der Waals surface area contributed by atoms with E-state index in [2.05, 4.69) is 0 Å². The summed E-state index contributed by atoms with van der Waals surface area (Å²) in [5.41, 5.74) is 8.26. The molecule has 0 saturated heterocycles. The number of Topliss-reactive ketones (excluding diaryl/α,β-unsaturated/α-hetero) is 1. The number of ether oxygens (including phenoxy) is 3. The van der Waals surface area contributed by atoms with E-state index >= 15 is 0 Å². The molecule has 1 aliphatic rings. The summed E-state index contributed by atoms with van der Waals surface area (Å²) >= 11 is 0. The highest BCUT2D eigenvalue weighted by molar-refractivity contribution is 6.01. The molecule has 1 heterocycles. The maximum absolute atomic E-state index is 12.7.